The number of nitrogens with one attached hydrogen (secondary N) is 1. The number of urea groups is 1. The average molecular weight is 451 g/mol. The van der Waals surface area contributed by atoms with E-state index in [-0.39, 0.29) is 35.9 Å². The van der Waals surface area contributed by atoms with Gasteiger partial charge in [0, 0.05) is 23.6 Å². The number of hydrogen-bond donors (Lipinski definition) is 1. The van der Waals surface area contributed by atoms with Gasteiger partial charge in [-0.05, 0) is 69.6 Å². The number of likely N-dealkylation sites (tertiary alicyclic amines) is 1. The number of halogens is 1. The van der Waals surface area contributed by atoms with Gasteiger partial charge >= 0.3 is 6.03 Å². The summed E-state index contributed by atoms with van der Waals surface area (Å²) in [7, 11) is 2.15. The molecule has 0 radical (unpaired) electrons. The van der Waals surface area contributed by atoms with Crippen LogP contribution in [0.4, 0.5) is 9.18 Å². The normalized spacial score (nSPS) is 27.6. The molecule has 33 heavy (non-hydrogen) atoms. The molecule has 2 aromatic rings. The van der Waals surface area contributed by atoms with Crippen LogP contribution in [0.3, 0.4) is 0 Å². The molecule has 1 saturated carbocycles. The van der Waals surface area contributed by atoms with Crippen molar-refractivity contribution in [3.8, 4) is 5.75 Å². The number of carbonyl (C=O) groups excluding carboxylic acids is 1. The largest absolute Gasteiger partial charge is 0.493 e. The fourth-order valence-corrected chi connectivity index (χ4v) is 5.85. The third kappa shape index (κ3) is 3.77. The summed E-state index contributed by atoms with van der Waals surface area (Å²) in [5, 5.41) is 1.84. The number of amides is 2. The van der Waals surface area contributed by atoms with Gasteiger partial charge < -0.3 is 14.5 Å². The molecule has 3 aliphatic heterocycles. The summed E-state index contributed by atoms with van der Waals surface area (Å²) in [6.07, 6.45) is 4.16. The van der Waals surface area contributed by atoms with Crippen molar-refractivity contribution in [3.63, 3.8) is 0 Å². The van der Waals surface area contributed by atoms with Crippen molar-refractivity contribution < 1.29 is 13.9 Å². The van der Waals surface area contributed by atoms with Gasteiger partial charge in [-0.15, -0.1) is 0 Å². The van der Waals surface area contributed by atoms with Gasteiger partial charge in [-0.25, -0.2) is 14.6 Å². The van der Waals surface area contributed by atoms with E-state index in [2.05, 4.69) is 34.4 Å². The Bertz CT molecular complexity index is 1020. The molecular formula is C26H31FN4O2. The number of piperidine rings is 1. The van der Waals surface area contributed by atoms with E-state index in [0.717, 1.165) is 49.9 Å². The molecule has 3 heterocycles. The third-order valence-corrected chi connectivity index (χ3v) is 7.72. The number of hydrogen-bond acceptors (Lipinski definition) is 4. The molecule has 1 unspecified atom stereocenters. The Labute approximate surface area is 194 Å². The van der Waals surface area contributed by atoms with Crippen LogP contribution in [-0.4, -0.2) is 59.7 Å². The highest BCUT2D eigenvalue weighted by atomic mass is 19.1. The third-order valence-electron chi connectivity index (χ3n) is 7.72. The summed E-state index contributed by atoms with van der Waals surface area (Å²) in [4.78, 5) is 18.7. The van der Waals surface area contributed by atoms with Gasteiger partial charge in [-0.3, -0.25) is 5.01 Å². The predicted molar refractivity (Wildman–Crippen MR) is 123 cm³/mol. The highest BCUT2D eigenvalue weighted by Gasteiger charge is 2.51. The Morgan fingerprint density at radius 3 is 2.52 bits per heavy atom. The van der Waals surface area contributed by atoms with Gasteiger partial charge in [-0.2, -0.15) is 0 Å². The second-order valence-electron chi connectivity index (χ2n) is 9.94. The van der Waals surface area contributed by atoms with E-state index >= 15 is 0 Å². The lowest BCUT2D eigenvalue weighted by Crippen LogP contribution is -2.54. The van der Waals surface area contributed by atoms with E-state index in [0.29, 0.717) is 18.4 Å². The second-order valence-corrected chi connectivity index (χ2v) is 9.94. The van der Waals surface area contributed by atoms with Crippen LogP contribution in [0.5, 0.6) is 5.75 Å². The molecule has 0 aromatic heterocycles. The molecule has 7 heteroatoms. The van der Waals surface area contributed by atoms with Crippen LogP contribution >= 0.6 is 0 Å². The minimum atomic E-state index is -0.285. The highest BCUT2D eigenvalue weighted by molar-refractivity contribution is 5.76. The van der Waals surface area contributed by atoms with E-state index in [1.165, 1.54) is 6.07 Å². The van der Waals surface area contributed by atoms with E-state index < -0.39 is 0 Å². The molecule has 1 aliphatic carbocycles. The van der Waals surface area contributed by atoms with E-state index in [1.54, 1.807) is 12.1 Å². The first-order valence-corrected chi connectivity index (χ1v) is 12.1. The molecule has 0 spiro atoms. The zero-order valence-electron chi connectivity index (χ0n) is 19.0. The van der Waals surface area contributed by atoms with Crippen LogP contribution < -0.4 is 10.2 Å². The summed E-state index contributed by atoms with van der Waals surface area (Å²) in [6, 6.07) is 15.1. The van der Waals surface area contributed by atoms with Crippen molar-refractivity contribution in [3.05, 3.63) is 65.5 Å². The SMILES string of the molecule is CN1CCC(N(C(=O)N2NC3c4cc(F)ccc4OC[C@@H]3[C@H]2c2ccccc2)C2CC2)CC1. The van der Waals surface area contributed by atoms with E-state index in [9.17, 15) is 9.18 Å². The van der Waals surface area contributed by atoms with Crippen LogP contribution in [-0.2, 0) is 0 Å². The quantitative estimate of drug-likeness (QED) is 0.765. The minimum Gasteiger partial charge on any atom is -0.493 e. The maximum atomic E-state index is 14.2. The lowest BCUT2D eigenvalue weighted by atomic mass is 9.84. The van der Waals surface area contributed by atoms with Crippen LogP contribution in [0.2, 0.25) is 0 Å². The summed E-state index contributed by atoms with van der Waals surface area (Å²) in [5.74, 6) is 0.414. The standard InChI is InChI=1S/C26H31FN4O2/c1-29-13-11-20(12-14-29)30(19-8-9-19)26(32)31-25(17-5-3-2-4-6-17)22-16-33-23-10-7-18(27)15-21(23)24(22)28-31/h2-7,10,15,19-20,22,24-25,28H,8-9,11-14,16H2,1H3/t22-,24?,25+/m0/s1. The number of rotatable bonds is 3. The van der Waals surface area contributed by atoms with Crippen molar-refractivity contribution in [2.75, 3.05) is 26.7 Å². The van der Waals surface area contributed by atoms with Gasteiger partial charge in [0.15, 0.2) is 0 Å². The fourth-order valence-electron chi connectivity index (χ4n) is 5.85. The summed E-state index contributed by atoms with van der Waals surface area (Å²) in [6.45, 7) is 2.52. The van der Waals surface area contributed by atoms with Gasteiger partial charge in [0.05, 0.1) is 18.7 Å². The first kappa shape index (κ1) is 20.9. The van der Waals surface area contributed by atoms with E-state index in [4.69, 9.17) is 4.74 Å². The Balaban J connectivity index is 1.36. The number of ether oxygens (including phenoxy) is 1. The first-order chi connectivity index (χ1) is 16.1. The Kier molecular flexibility index (Phi) is 5.26. The van der Waals surface area contributed by atoms with Crippen molar-refractivity contribution in [2.45, 2.75) is 49.9 Å². The molecule has 6 nitrogen and oxygen atoms in total. The molecule has 6 rings (SSSR count). The molecule has 3 fully saturated rings. The highest BCUT2D eigenvalue weighted by Crippen LogP contribution is 2.49. The molecule has 174 valence electrons. The van der Waals surface area contributed by atoms with Gasteiger partial charge in [-0.1, -0.05) is 30.3 Å². The Morgan fingerprint density at radius 1 is 1.06 bits per heavy atom. The topological polar surface area (TPSA) is 48.0 Å². The molecule has 2 saturated heterocycles. The molecular weight excluding hydrogens is 419 g/mol. The van der Waals surface area contributed by atoms with Crippen LogP contribution in [0.1, 0.15) is 48.9 Å². The maximum absolute atomic E-state index is 14.2. The van der Waals surface area contributed by atoms with Crippen molar-refractivity contribution >= 4 is 6.03 Å². The van der Waals surface area contributed by atoms with Crippen LogP contribution in [0.15, 0.2) is 48.5 Å². The van der Waals surface area contributed by atoms with Crippen LogP contribution in [0.25, 0.3) is 0 Å². The number of carbonyl (C=O) groups is 1. The lowest BCUT2D eigenvalue weighted by Gasteiger charge is -2.40. The van der Waals surface area contributed by atoms with Crippen molar-refractivity contribution in [1.29, 1.82) is 0 Å². The number of benzene rings is 2. The molecule has 4 aliphatic rings. The number of fused-ring (bicyclic) bond motifs is 3. The zero-order chi connectivity index (χ0) is 22.5. The second kappa shape index (κ2) is 8.29. The lowest BCUT2D eigenvalue weighted by molar-refractivity contribution is 0.0795. The molecule has 3 atom stereocenters. The molecule has 0 bridgehead atoms. The minimum absolute atomic E-state index is 0.00388. The monoisotopic (exact) mass is 450 g/mol. The Morgan fingerprint density at radius 2 is 1.79 bits per heavy atom. The average Bonchev–Trinajstić information content (AvgIpc) is 3.59. The summed E-state index contributed by atoms with van der Waals surface area (Å²) >= 11 is 0. The van der Waals surface area contributed by atoms with Gasteiger partial charge in [0.1, 0.15) is 11.6 Å². The van der Waals surface area contributed by atoms with Gasteiger partial charge in [0.2, 0.25) is 0 Å². The number of nitrogens with zero attached hydrogens (tertiary/aromatic N) is 3. The fraction of sp³-hybridized carbons (Fsp3) is 0.500. The molecule has 2 amide bonds. The maximum Gasteiger partial charge on any atom is 0.335 e. The summed E-state index contributed by atoms with van der Waals surface area (Å²) in [5.41, 5.74) is 5.39. The zero-order valence-corrected chi connectivity index (χ0v) is 19.0. The smallest absolute Gasteiger partial charge is 0.335 e. The number of hydrazine groups is 1. The van der Waals surface area contributed by atoms with Crippen molar-refractivity contribution in [2.24, 2.45) is 5.92 Å². The molecule has 1 N–H and O–H groups in total. The van der Waals surface area contributed by atoms with Crippen molar-refractivity contribution in [1.82, 2.24) is 20.2 Å². The van der Waals surface area contributed by atoms with Crippen LogP contribution in [0, 0.1) is 11.7 Å². The van der Waals surface area contributed by atoms with E-state index in [1.807, 2.05) is 23.2 Å². The van der Waals surface area contributed by atoms with Gasteiger partial charge in [0.25, 0.3) is 0 Å². The summed E-state index contributed by atoms with van der Waals surface area (Å²) < 4.78 is 20.2. The molecule has 2 aromatic carbocycles. The first-order valence-electron chi connectivity index (χ1n) is 12.1. The Hall–Kier alpha value is -2.64. The predicted octanol–water partition coefficient (Wildman–Crippen LogP) is 4.12.